The van der Waals surface area contributed by atoms with Crippen LogP contribution in [0.3, 0.4) is 0 Å². The Hall–Kier alpha value is -2.56. The van der Waals surface area contributed by atoms with E-state index in [1.54, 1.807) is 13.8 Å². The summed E-state index contributed by atoms with van der Waals surface area (Å²) in [6.45, 7) is 3.72. The van der Waals surface area contributed by atoms with Crippen molar-refractivity contribution >= 4 is 34.2 Å². The Morgan fingerprint density at radius 2 is 2.13 bits per heavy atom. The van der Waals surface area contributed by atoms with E-state index in [4.69, 9.17) is 4.74 Å². The van der Waals surface area contributed by atoms with E-state index in [0.717, 1.165) is 40.8 Å². The predicted molar refractivity (Wildman–Crippen MR) is 108 cm³/mol. The van der Waals surface area contributed by atoms with Crippen molar-refractivity contribution in [2.75, 3.05) is 17.2 Å². The van der Waals surface area contributed by atoms with Crippen molar-refractivity contribution < 1.29 is 23.1 Å². The van der Waals surface area contributed by atoms with Crippen molar-refractivity contribution in [3.05, 3.63) is 21.8 Å². The number of nitrogens with one attached hydrogen (secondary N) is 2. The van der Waals surface area contributed by atoms with Crippen LogP contribution in [0.2, 0.25) is 0 Å². The standard InChI is InChI=1S/C19H23F2N5O3S/c1-3-29-18(28)13-10-6-4-5-7-12(10)30-17(13)24-16(27)15-23-19-22-9(2)8-11(14(20)21)26(19)25-15/h9,11,14H,3-8H2,1-2H3,(H,24,27)(H,22,23,25)/t9-,11+/m1/s1. The molecule has 0 unspecified atom stereocenters. The van der Waals surface area contributed by atoms with Crippen molar-refractivity contribution in [1.82, 2.24) is 14.8 Å². The van der Waals surface area contributed by atoms with Crippen molar-refractivity contribution in [3.63, 3.8) is 0 Å². The van der Waals surface area contributed by atoms with Gasteiger partial charge in [0.15, 0.2) is 0 Å². The molecule has 2 atom stereocenters. The molecule has 0 spiro atoms. The molecule has 2 aliphatic rings. The van der Waals surface area contributed by atoms with E-state index < -0.39 is 24.3 Å². The second kappa shape index (κ2) is 8.29. The lowest BCUT2D eigenvalue weighted by Crippen LogP contribution is -2.33. The van der Waals surface area contributed by atoms with Gasteiger partial charge in [0.1, 0.15) is 11.0 Å². The molecule has 0 radical (unpaired) electrons. The van der Waals surface area contributed by atoms with Crippen LogP contribution in [0, 0.1) is 0 Å². The van der Waals surface area contributed by atoms with Gasteiger partial charge in [0.05, 0.1) is 12.2 Å². The van der Waals surface area contributed by atoms with Crippen LogP contribution in [0.15, 0.2) is 0 Å². The van der Waals surface area contributed by atoms with Crippen LogP contribution in [-0.2, 0) is 17.6 Å². The molecule has 1 aliphatic heterocycles. The Bertz CT molecular complexity index is 974. The highest BCUT2D eigenvalue weighted by atomic mass is 32.1. The normalized spacial score (nSPS) is 20.3. The fraction of sp³-hybridized carbons (Fsp3) is 0.579. The number of nitrogens with zero attached hydrogens (tertiary/aromatic N) is 3. The molecule has 0 aromatic carbocycles. The summed E-state index contributed by atoms with van der Waals surface area (Å²) in [5, 5.41) is 10.1. The number of hydrogen-bond acceptors (Lipinski definition) is 7. The first-order valence-corrected chi connectivity index (χ1v) is 10.8. The van der Waals surface area contributed by atoms with Crippen molar-refractivity contribution in [1.29, 1.82) is 0 Å². The molecule has 0 bridgehead atoms. The fourth-order valence-electron chi connectivity index (χ4n) is 3.93. The van der Waals surface area contributed by atoms with Crippen LogP contribution < -0.4 is 10.6 Å². The number of thiophene rings is 1. The lowest BCUT2D eigenvalue weighted by molar-refractivity contribution is 0.0526. The highest BCUT2D eigenvalue weighted by Gasteiger charge is 2.35. The number of alkyl halides is 2. The number of esters is 1. The molecule has 1 amide bonds. The molecule has 1 aliphatic carbocycles. The summed E-state index contributed by atoms with van der Waals surface area (Å²) in [7, 11) is 0. The Labute approximate surface area is 176 Å². The Kier molecular flexibility index (Phi) is 5.72. The molecule has 0 saturated heterocycles. The van der Waals surface area contributed by atoms with Gasteiger partial charge in [-0.25, -0.2) is 18.3 Å². The van der Waals surface area contributed by atoms with Gasteiger partial charge in [-0.15, -0.1) is 16.4 Å². The molecule has 0 fully saturated rings. The molecule has 8 nitrogen and oxygen atoms in total. The summed E-state index contributed by atoms with van der Waals surface area (Å²) in [6, 6.07) is -1.36. The molecule has 11 heteroatoms. The maximum Gasteiger partial charge on any atom is 0.341 e. The van der Waals surface area contributed by atoms with Crippen LogP contribution >= 0.6 is 11.3 Å². The quantitative estimate of drug-likeness (QED) is 0.690. The van der Waals surface area contributed by atoms with E-state index in [9.17, 15) is 18.4 Å². The highest BCUT2D eigenvalue weighted by Crippen LogP contribution is 2.39. The zero-order chi connectivity index (χ0) is 21.4. The molecule has 30 heavy (non-hydrogen) atoms. The number of rotatable bonds is 5. The number of aryl methyl sites for hydroxylation is 1. The number of fused-ring (bicyclic) bond motifs is 2. The van der Waals surface area contributed by atoms with Gasteiger partial charge in [0.2, 0.25) is 11.8 Å². The largest absolute Gasteiger partial charge is 0.462 e. The van der Waals surface area contributed by atoms with Crippen LogP contribution in [0.5, 0.6) is 0 Å². The molecule has 4 rings (SSSR count). The van der Waals surface area contributed by atoms with Crippen LogP contribution in [-0.4, -0.2) is 45.7 Å². The first-order chi connectivity index (χ1) is 14.4. The summed E-state index contributed by atoms with van der Waals surface area (Å²) in [6.07, 6.45) is 1.15. The van der Waals surface area contributed by atoms with E-state index >= 15 is 0 Å². The van der Waals surface area contributed by atoms with Gasteiger partial charge < -0.3 is 15.4 Å². The minimum atomic E-state index is -2.62. The lowest BCUT2D eigenvalue weighted by atomic mass is 9.95. The third-order valence-electron chi connectivity index (χ3n) is 5.29. The second-order valence-corrected chi connectivity index (χ2v) is 8.58. The molecule has 2 aromatic rings. The van der Waals surface area contributed by atoms with E-state index in [0.29, 0.717) is 10.6 Å². The van der Waals surface area contributed by atoms with Gasteiger partial charge in [0, 0.05) is 10.9 Å². The topological polar surface area (TPSA) is 98.1 Å². The van der Waals surface area contributed by atoms with Crippen LogP contribution in [0.1, 0.15) is 70.6 Å². The van der Waals surface area contributed by atoms with Gasteiger partial charge in [-0.3, -0.25) is 4.79 Å². The molecule has 3 heterocycles. The molecule has 0 saturated carbocycles. The molecule has 2 N–H and O–H groups in total. The maximum absolute atomic E-state index is 13.4. The summed E-state index contributed by atoms with van der Waals surface area (Å²) in [5.74, 6) is -1.21. The number of aromatic nitrogens is 3. The minimum Gasteiger partial charge on any atom is -0.462 e. The number of ether oxygens (including phenoxy) is 1. The Morgan fingerprint density at radius 3 is 2.87 bits per heavy atom. The number of amides is 1. The Balaban J connectivity index is 1.63. The van der Waals surface area contributed by atoms with Gasteiger partial charge in [0.25, 0.3) is 12.3 Å². The SMILES string of the molecule is CCOC(=O)c1c(NC(=O)c2nc3n(n2)[C@H](C(F)F)C[C@@H](C)N3)sc2c1CCCC2. The van der Waals surface area contributed by atoms with Gasteiger partial charge in [-0.05, 0) is 51.5 Å². The predicted octanol–water partition coefficient (Wildman–Crippen LogP) is 3.66. The van der Waals surface area contributed by atoms with Gasteiger partial charge in [-0.1, -0.05) is 0 Å². The first kappa shape index (κ1) is 20.7. The van der Waals surface area contributed by atoms with E-state index in [2.05, 4.69) is 20.7 Å². The summed E-state index contributed by atoms with van der Waals surface area (Å²) in [5.41, 5.74) is 1.30. The Morgan fingerprint density at radius 1 is 1.37 bits per heavy atom. The monoisotopic (exact) mass is 439 g/mol. The van der Waals surface area contributed by atoms with Crippen LogP contribution in [0.25, 0.3) is 0 Å². The number of carbonyl (C=O) groups is 2. The molecule has 2 aromatic heterocycles. The number of anilines is 2. The third-order valence-corrected chi connectivity index (χ3v) is 6.50. The average molecular weight is 439 g/mol. The average Bonchev–Trinajstić information content (AvgIpc) is 3.28. The zero-order valence-electron chi connectivity index (χ0n) is 16.7. The summed E-state index contributed by atoms with van der Waals surface area (Å²) < 4.78 is 33.1. The zero-order valence-corrected chi connectivity index (χ0v) is 17.5. The van der Waals surface area contributed by atoms with Crippen LogP contribution in [0.4, 0.5) is 19.7 Å². The summed E-state index contributed by atoms with van der Waals surface area (Å²) >= 11 is 1.35. The first-order valence-electron chi connectivity index (χ1n) is 10.0. The smallest absolute Gasteiger partial charge is 0.341 e. The lowest BCUT2D eigenvalue weighted by Gasteiger charge is -2.28. The third kappa shape index (κ3) is 3.78. The maximum atomic E-state index is 13.4. The van der Waals surface area contributed by atoms with Gasteiger partial charge >= 0.3 is 5.97 Å². The second-order valence-electron chi connectivity index (χ2n) is 7.48. The number of halogens is 2. The van der Waals surface area contributed by atoms with E-state index in [1.807, 2.05) is 0 Å². The molecular weight excluding hydrogens is 416 g/mol. The van der Waals surface area contributed by atoms with E-state index in [-0.39, 0.29) is 30.8 Å². The van der Waals surface area contributed by atoms with E-state index in [1.165, 1.54) is 11.3 Å². The number of hydrogen-bond donors (Lipinski definition) is 2. The fourth-order valence-corrected chi connectivity index (χ4v) is 5.20. The van der Waals surface area contributed by atoms with Gasteiger partial charge in [-0.2, -0.15) is 4.98 Å². The molecule has 162 valence electrons. The van der Waals surface area contributed by atoms with Crippen molar-refractivity contribution in [2.45, 2.75) is 64.5 Å². The van der Waals surface area contributed by atoms with Crippen molar-refractivity contribution in [2.24, 2.45) is 0 Å². The highest BCUT2D eigenvalue weighted by molar-refractivity contribution is 7.17. The summed E-state index contributed by atoms with van der Waals surface area (Å²) in [4.78, 5) is 30.5. The minimum absolute atomic E-state index is 0.139. The van der Waals surface area contributed by atoms with Crippen molar-refractivity contribution in [3.8, 4) is 0 Å². The number of carbonyl (C=O) groups excluding carboxylic acids is 2. The molecular formula is C19H23F2N5O3S.